The van der Waals surface area contributed by atoms with E-state index in [9.17, 15) is 0 Å². The molecule has 1 fully saturated rings. The topological polar surface area (TPSA) is 59.6 Å². The molecule has 1 aromatic carbocycles. The van der Waals surface area contributed by atoms with Crippen LogP contribution in [0, 0.1) is 0 Å². The number of nitrogens with one attached hydrogen (secondary N) is 1. The fourth-order valence-electron chi connectivity index (χ4n) is 2.67. The zero-order valence-electron chi connectivity index (χ0n) is 12.2. The smallest absolute Gasteiger partial charge is 0.188 e. The fourth-order valence-corrected chi connectivity index (χ4v) is 2.67. The van der Waals surface area contributed by atoms with Crippen LogP contribution in [0.2, 0.25) is 0 Å². The molecule has 110 valence electrons. The second-order valence-electron chi connectivity index (χ2n) is 5.34. The van der Waals surface area contributed by atoms with Crippen LogP contribution < -0.4 is 11.1 Å². The van der Waals surface area contributed by atoms with Crippen LogP contribution in [-0.4, -0.2) is 25.7 Å². The molecule has 4 nitrogen and oxygen atoms in total. The van der Waals surface area contributed by atoms with Gasteiger partial charge >= 0.3 is 0 Å². The average Bonchev–Trinajstić information content (AvgIpc) is 2.50. The van der Waals surface area contributed by atoms with Gasteiger partial charge in [-0.25, -0.2) is 0 Å². The molecule has 0 heterocycles. The van der Waals surface area contributed by atoms with E-state index in [-0.39, 0.29) is 6.10 Å². The first-order chi connectivity index (χ1) is 9.79. The van der Waals surface area contributed by atoms with E-state index in [0.29, 0.717) is 18.5 Å². The van der Waals surface area contributed by atoms with E-state index in [1.807, 2.05) is 18.2 Å². The Bertz CT molecular complexity index is 413. The third kappa shape index (κ3) is 4.53. The molecule has 1 aromatic rings. The molecule has 1 atom stereocenters. The van der Waals surface area contributed by atoms with Crippen molar-refractivity contribution in [1.29, 1.82) is 0 Å². The first kappa shape index (κ1) is 14.9. The molecule has 3 N–H and O–H groups in total. The van der Waals surface area contributed by atoms with Gasteiger partial charge in [-0.15, -0.1) is 0 Å². The minimum atomic E-state index is -0.0390. The van der Waals surface area contributed by atoms with E-state index >= 15 is 0 Å². The maximum absolute atomic E-state index is 5.97. The summed E-state index contributed by atoms with van der Waals surface area (Å²) in [5, 5.41) is 3.32. The predicted octanol–water partition coefficient (Wildman–Crippen LogP) is 2.61. The quantitative estimate of drug-likeness (QED) is 0.641. The maximum atomic E-state index is 5.97. The molecule has 0 amide bonds. The monoisotopic (exact) mass is 275 g/mol. The summed E-state index contributed by atoms with van der Waals surface area (Å²) in [4.78, 5) is 4.42. The lowest BCUT2D eigenvalue weighted by Crippen LogP contribution is -2.41. The van der Waals surface area contributed by atoms with E-state index in [2.05, 4.69) is 22.4 Å². The fraction of sp³-hybridized carbons (Fsp3) is 0.562. The third-order valence-corrected chi connectivity index (χ3v) is 3.84. The second kappa shape index (κ2) is 7.90. The highest BCUT2D eigenvalue weighted by molar-refractivity contribution is 5.78. The van der Waals surface area contributed by atoms with E-state index < -0.39 is 0 Å². The number of rotatable bonds is 5. The number of benzene rings is 1. The molecule has 2 rings (SSSR count). The number of nitrogens with zero attached hydrogens (tertiary/aromatic N) is 1. The lowest BCUT2D eigenvalue weighted by Gasteiger charge is -2.23. The molecule has 4 heteroatoms. The van der Waals surface area contributed by atoms with Gasteiger partial charge in [0.15, 0.2) is 5.96 Å². The van der Waals surface area contributed by atoms with Gasteiger partial charge in [0.25, 0.3) is 0 Å². The number of guanidine groups is 1. The van der Waals surface area contributed by atoms with Crippen molar-refractivity contribution in [2.75, 3.05) is 13.7 Å². The third-order valence-electron chi connectivity index (χ3n) is 3.84. The van der Waals surface area contributed by atoms with Gasteiger partial charge in [-0.3, -0.25) is 4.99 Å². The lowest BCUT2D eigenvalue weighted by atomic mass is 9.96. The van der Waals surface area contributed by atoms with Crippen LogP contribution in [0.5, 0.6) is 0 Å². The molecule has 1 saturated carbocycles. The molecule has 0 aromatic heterocycles. The van der Waals surface area contributed by atoms with Gasteiger partial charge in [0, 0.05) is 13.2 Å². The number of ether oxygens (including phenoxy) is 1. The van der Waals surface area contributed by atoms with Gasteiger partial charge in [-0.2, -0.15) is 0 Å². The largest absolute Gasteiger partial charge is 0.375 e. The van der Waals surface area contributed by atoms with Gasteiger partial charge in [-0.1, -0.05) is 49.6 Å². The van der Waals surface area contributed by atoms with Gasteiger partial charge < -0.3 is 15.8 Å². The molecule has 1 aliphatic rings. The maximum Gasteiger partial charge on any atom is 0.188 e. The van der Waals surface area contributed by atoms with Crippen LogP contribution in [0.3, 0.4) is 0 Å². The number of aliphatic imine (C=N–C) groups is 1. The van der Waals surface area contributed by atoms with Gasteiger partial charge in [0.1, 0.15) is 6.10 Å². The van der Waals surface area contributed by atoms with Gasteiger partial charge in [0.2, 0.25) is 0 Å². The Kier molecular flexibility index (Phi) is 5.87. The van der Waals surface area contributed by atoms with Crippen molar-refractivity contribution in [3.63, 3.8) is 0 Å². The van der Waals surface area contributed by atoms with Gasteiger partial charge in [0.05, 0.1) is 6.54 Å². The Hall–Kier alpha value is -1.55. The minimum Gasteiger partial charge on any atom is -0.375 e. The van der Waals surface area contributed by atoms with Crippen molar-refractivity contribution in [3.05, 3.63) is 35.9 Å². The highest BCUT2D eigenvalue weighted by Gasteiger charge is 2.14. The number of methoxy groups -OCH3 is 1. The summed E-state index contributed by atoms with van der Waals surface area (Å²) in [6.45, 7) is 0.548. The molecular formula is C16H25N3O. The summed E-state index contributed by atoms with van der Waals surface area (Å²) in [6, 6.07) is 10.6. The van der Waals surface area contributed by atoms with Crippen molar-refractivity contribution >= 4 is 5.96 Å². The molecule has 20 heavy (non-hydrogen) atoms. The van der Waals surface area contributed by atoms with Crippen molar-refractivity contribution < 1.29 is 4.74 Å². The zero-order valence-corrected chi connectivity index (χ0v) is 12.2. The molecule has 0 radical (unpaired) electrons. The van der Waals surface area contributed by atoms with E-state index in [1.165, 1.54) is 32.1 Å². The molecule has 0 bridgehead atoms. The Morgan fingerprint density at radius 3 is 2.65 bits per heavy atom. The molecule has 0 saturated heterocycles. The normalized spacial score (nSPS) is 18.8. The minimum absolute atomic E-state index is 0.0390. The van der Waals surface area contributed by atoms with E-state index in [4.69, 9.17) is 10.5 Å². The highest BCUT2D eigenvalue weighted by atomic mass is 16.5. The van der Waals surface area contributed by atoms with Crippen molar-refractivity contribution in [2.45, 2.75) is 44.2 Å². The number of hydrogen-bond acceptors (Lipinski definition) is 2. The summed E-state index contributed by atoms with van der Waals surface area (Å²) >= 11 is 0. The van der Waals surface area contributed by atoms with Crippen LogP contribution in [0.1, 0.15) is 43.8 Å². The van der Waals surface area contributed by atoms with Crippen LogP contribution in [-0.2, 0) is 4.74 Å². The summed E-state index contributed by atoms with van der Waals surface area (Å²) in [5.74, 6) is 0.537. The lowest BCUT2D eigenvalue weighted by molar-refractivity contribution is 0.111. The Labute approximate surface area is 121 Å². The summed E-state index contributed by atoms with van der Waals surface area (Å²) < 4.78 is 5.49. The second-order valence-corrected chi connectivity index (χ2v) is 5.34. The Morgan fingerprint density at radius 1 is 1.30 bits per heavy atom. The molecule has 0 spiro atoms. The van der Waals surface area contributed by atoms with Crippen LogP contribution >= 0.6 is 0 Å². The van der Waals surface area contributed by atoms with Crippen LogP contribution in [0.25, 0.3) is 0 Å². The summed E-state index contributed by atoms with van der Waals surface area (Å²) in [6.07, 6.45) is 6.27. The zero-order chi connectivity index (χ0) is 14.2. The number of hydrogen-bond donors (Lipinski definition) is 2. The Morgan fingerprint density at radius 2 is 2.00 bits per heavy atom. The average molecular weight is 275 g/mol. The standard InChI is InChI=1S/C16H25N3O/c1-20-15(13-8-4-2-5-9-13)12-18-16(17)19-14-10-6-3-7-11-14/h2,4-5,8-9,14-15H,3,6-7,10-12H2,1H3,(H3,17,18,19). The summed E-state index contributed by atoms with van der Waals surface area (Å²) in [5.41, 5.74) is 7.10. The first-order valence-electron chi connectivity index (χ1n) is 7.44. The molecular weight excluding hydrogens is 250 g/mol. The molecule has 0 aliphatic heterocycles. The first-order valence-corrected chi connectivity index (χ1v) is 7.44. The van der Waals surface area contributed by atoms with E-state index in [1.54, 1.807) is 7.11 Å². The van der Waals surface area contributed by atoms with Crippen molar-refractivity contribution in [2.24, 2.45) is 10.7 Å². The van der Waals surface area contributed by atoms with Crippen molar-refractivity contribution in [3.8, 4) is 0 Å². The highest BCUT2D eigenvalue weighted by Crippen LogP contribution is 2.18. The molecule has 1 unspecified atom stereocenters. The summed E-state index contributed by atoms with van der Waals surface area (Å²) in [7, 11) is 1.71. The Balaban J connectivity index is 1.86. The van der Waals surface area contributed by atoms with Gasteiger partial charge in [-0.05, 0) is 18.4 Å². The SMILES string of the molecule is COC(CN=C(N)NC1CCCCC1)c1ccccc1. The molecule has 1 aliphatic carbocycles. The van der Waals surface area contributed by atoms with Crippen LogP contribution in [0.4, 0.5) is 0 Å². The predicted molar refractivity (Wildman–Crippen MR) is 82.7 cm³/mol. The van der Waals surface area contributed by atoms with Crippen LogP contribution in [0.15, 0.2) is 35.3 Å². The van der Waals surface area contributed by atoms with Crippen molar-refractivity contribution in [1.82, 2.24) is 5.32 Å². The van der Waals surface area contributed by atoms with E-state index in [0.717, 1.165) is 5.56 Å². The number of nitrogens with two attached hydrogens (primary N) is 1.